The van der Waals surface area contributed by atoms with Crippen LogP contribution in [0, 0.1) is 5.92 Å². The van der Waals surface area contributed by atoms with E-state index in [1.807, 2.05) is 42.5 Å². The van der Waals surface area contributed by atoms with Gasteiger partial charge in [0.1, 0.15) is 5.82 Å². The lowest BCUT2D eigenvalue weighted by Crippen LogP contribution is -2.30. The number of aryl methyl sites for hydroxylation is 1. The molecule has 0 radical (unpaired) electrons. The van der Waals surface area contributed by atoms with E-state index in [0.29, 0.717) is 6.42 Å². The second-order valence-electron chi connectivity index (χ2n) is 5.85. The molecule has 2 heterocycles. The Labute approximate surface area is 142 Å². The third-order valence-electron chi connectivity index (χ3n) is 4.35. The Morgan fingerprint density at radius 1 is 1.17 bits per heavy atom. The highest BCUT2D eigenvalue weighted by atomic mass is 79.9. The van der Waals surface area contributed by atoms with Gasteiger partial charge in [0.2, 0.25) is 5.91 Å². The Balaban J connectivity index is 1.53. The van der Waals surface area contributed by atoms with Gasteiger partial charge in [-0.2, -0.15) is 0 Å². The SMILES string of the molecule is O=C(Nc1ccc(Br)cc1)[C@H]1CCn2c(nc3ccccc32)C1. The Kier molecular flexibility index (Phi) is 3.65. The minimum absolute atomic E-state index is 0.0250. The number of hydrogen-bond donors (Lipinski definition) is 1. The largest absolute Gasteiger partial charge is 0.328 e. The molecule has 5 heteroatoms. The number of aromatic nitrogens is 2. The van der Waals surface area contributed by atoms with Gasteiger partial charge in [0, 0.05) is 29.0 Å². The lowest BCUT2D eigenvalue weighted by molar-refractivity contribution is -0.120. The molecule has 1 aliphatic rings. The van der Waals surface area contributed by atoms with Gasteiger partial charge in [-0.15, -0.1) is 0 Å². The lowest BCUT2D eigenvalue weighted by atomic mass is 9.96. The van der Waals surface area contributed by atoms with Gasteiger partial charge in [-0.05, 0) is 42.8 Å². The number of rotatable bonds is 2. The first-order valence-corrected chi connectivity index (χ1v) is 8.50. The number of amides is 1. The topological polar surface area (TPSA) is 46.9 Å². The van der Waals surface area contributed by atoms with Crippen LogP contribution in [0.2, 0.25) is 0 Å². The molecule has 116 valence electrons. The minimum Gasteiger partial charge on any atom is -0.328 e. The fourth-order valence-corrected chi connectivity index (χ4v) is 3.40. The third-order valence-corrected chi connectivity index (χ3v) is 4.87. The number of hydrogen-bond acceptors (Lipinski definition) is 2. The summed E-state index contributed by atoms with van der Waals surface area (Å²) >= 11 is 3.40. The number of fused-ring (bicyclic) bond motifs is 3. The number of imidazole rings is 1. The minimum atomic E-state index is -0.0250. The van der Waals surface area contributed by atoms with Crippen LogP contribution in [0.4, 0.5) is 5.69 Å². The van der Waals surface area contributed by atoms with Gasteiger partial charge >= 0.3 is 0 Å². The molecule has 2 aromatic carbocycles. The van der Waals surface area contributed by atoms with Crippen LogP contribution >= 0.6 is 15.9 Å². The van der Waals surface area contributed by atoms with E-state index in [2.05, 4.69) is 36.9 Å². The molecule has 3 aromatic rings. The van der Waals surface area contributed by atoms with Crippen molar-refractivity contribution in [1.82, 2.24) is 9.55 Å². The van der Waals surface area contributed by atoms with E-state index in [9.17, 15) is 4.79 Å². The molecule has 23 heavy (non-hydrogen) atoms. The average molecular weight is 370 g/mol. The smallest absolute Gasteiger partial charge is 0.228 e. The number of benzene rings is 2. The number of nitrogens with zero attached hydrogens (tertiary/aromatic N) is 2. The third kappa shape index (κ3) is 2.77. The van der Waals surface area contributed by atoms with Crippen molar-refractivity contribution in [1.29, 1.82) is 0 Å². The molecule has 4 nitrogen and oxygen atoms in total. The number of anilines is 1. The summed E-state index contributed by atoms with van der Waals surface area (Å²) in [5.74, 6) is 1.06. The fraction of sp³-hybridized carbons (Fsp3) is 0.222. The van der Waals surface area contributed by atoms with E-state index in [4.69, 9.17) is 0 Å². The first-order valence-electron chi connectivity index (χ1n) is 7.71. The molecule has 1 atom stereocenters. The number of para-hydroxylation sites is 2. The van der Waals surface area contributed by atoms with E-state index >= 15 is 0 Å². The highest BCUT2D eigenvalue weighted by molar-refractivity contribution is 9.10. The molecule has 0 bridgehead atoms. The molecule has 0 unspecified atom stereocenters. The maximum Gasteiger partial charge on any atom is 0.228 e. The van der Waals surface area contributed by atoms with Gasteiger partial charge in [0.15, 0.2) is 0 Å². The quantitative estimate of drug-likeness (QED) is 0.741. The van der Waals surface area contributed by atoms with Crippen molar-refractivity contribution in [3.05, 3.63) is 58.8 Å². The summed E-state index contributed by atoms with van der Waals surface area (Å²) in [5.41, 5.74) is 3.00. The Bertz CT molecular complexity index is 870. The monoisotopic (exact) mass is 369 g/mol. The van der Waals surface area contributed by atoms with Crippen LogP contribution in [0.5, 0.6) is 0 Å². The first kappa shape index (κ1) is 14.5. The molecule has 4 rings (SSSR count). The zero-order valence-electron chi connectivity index (χ0n) is 12.5. The lowest BCUT2D eigenvalue weighted by Gasteiger charge is -2.23. The number of carbonyl (C=O) groups excluding carboxylic acids is 1. The van der Waals surface area contributed by atoms with Gasteiger partial charge in [0.05, 0.1) is 11.0 Å². The summed E-state index contributed by atoms with van der Waals surface area (Å²) in [4.78, 5) is 17.2. The van der Waals surface area contributed by atoms with Crippen molar-refractivity contribution in [2.24, 2.45) is 5.92 Å². The first-order chi connectivity index (χ1) is 11.2. The van der Waals surface area contributed by atoms with Crippen LogP contribution in [-0.4, -0.2) is 15.5 Å². The van der Waals surface area contributed by atoms with Crippen molar-refractivity contribution in [3.63, 3.8) is 0 Å². The highest BCUT2D eigenvalue weighted by Crippen LogP contribution is 2.26. The Morgan fingerprint density at radius 2 is 1.96 bits per heavy atom. The number of carbonyl (C=O) groups is 1. The van der Waals surface area contributed by atoms with Gasteiger partial charge < -0.3 is 9.88 Å². The molecule has 0 aliphatic carbocycles. The summed E-state index contributed by atoms with van der Waals surface area (Å²) in [6, 6.07) is 15.8. The second-order valence-corrected chi connectivity index (χ2v) is 6.77. The van der Waals surface area contributed by atoms with E-state index in [-0.39, 0.29) is 11.8 Å². The highest BCUT2D eigenvalue weighted by Gasteiger charge is 2.27. The molecule has 1 amide bonds. The molecule has 1 aromatic heterocycles. The predicted molar refractivity (Wildman–Crippen MR) is 94.3 cm³/mol. The number of halogens is 1. The van der Waals surface area contributed by atoms with E-state index in [1.54, 1.807) is 0 Å². The summed E-state index contributed by atoms with van der Waals surface area (Å²) in [6.07, 6.45) is 1.53. The molecular weight excluding hydrogens is 354 g/mol. The Hall–Kier alpha value is -2.14. The van der Waals surface area contributed by atoms with E-state index < -0.39 is 0 Å². The zero-order chi connectivity index (χ0) is 15.8. The summed E-state index contributed by atoms with van der Waals surface area (Å²) in [7, 11) is 0. The maximum absolute atomic E-state index is 12.5. The summed E-state index contributed by atoms with van der Waals surface area (Å²) in [6.45, 7) is 0.842. The van der Waals surface area contributed by atoms with Gasteiger partial charge in [0.25, 0.3) is 0 Å². The van der Waals surface area contributed by atoms with Crippen molar-refractivity contribution in [3.8, 4) is 0 Å². The normalized spacial score (nSPS) is 17.0. The van der Waals surface area contributed by atoms with Crippen LogP contribution < -0.4 is 5.32 Å². The standard InChI is InChI=1S/C18H16BrN3O/c19-13-5-7-14(8-6-13)20-18(23)12-9-10-22-16-4-2-1-3-15(16)21-17(22)11-12/h1-8,12H,9-11H2,(H,20,23)/t12-/m0/s1. The van der Waals surface area contributed by atoms with E-state index in [1.165, 1.54) is 0 Å². The van der Waals surface area contributed by atoms with Crippen molar-refractivity contribution < 1.29 is 4.79 Å². The van der Waals surface area contributed by atoms with Crippen molar-refractivity contribution in [2.45, 2.75) is 19.4 Å². The molecular formula is C18H16BrN3O. The van der Waals surface area contributed by atoms with Gasteiger partial charge in [-0.1, -0.05) is 28.1 Å². The molecule has 0 fully saturated rings. The summed E-state index contributed by atoms with van der Waals surface area (Å²) in [5, 5.41) is 3.01. The molecule has 1 N–H and O–H groups in total. The van der Waals surface area contributed by atoms with Crippen molar-refractivity contribution >= 4 is 38.6 Å². The van der Waals surface area contributed by atoms with Gasteiger partial charge in [-0.3, -0.25) is 4.79 Å². The summed E-state index contributed by atoms with van der Waals surface area (Å²) < 4.78 is 3.24. The second kappa shape index (κ2) is 5.81. The average Bonchev–Trinajstić information content (AvgIpc) is 2.94. The Morgan fingerprint density at radius 3 is 2.78 bits per heavy atom. The fourth-order valence-electron chi connectivity index (χ4n) is 3.14. The van der Waals surface area contributed by atoms with Crippen LogP contribution in [0.15, 0.2) is 53.0 Å². The van der Waals surface area contributed by atoms with Crippen LogP contribution in [-0.2, 0) is 17.8 Å². The predicted octanol–water partition coefficient (Wildman–Crippen LogP) is 4.00. The van der Waals surface area contributed by atoms with Crippen molar-refractivity contribution in [2.75, 3.05) is 5.32 Å². The number of nitrogens with one attached hydrogen (secondary N) is 1. The van der Waals surface area contributed by atoms with E-state index in [0.717, 1.165) is 40.0 Å². The van der Waals surface area contributed by atoms with Crippen LogP contribution in [0.3, 0.4) is 0 Å². The molecule has 0 saturated carbocycles. The maximum atomic E-state index is 12.5. The molecule has 1 aliphatic heterocycles. The molecule has 0 saturated heterocycles. The molecule has 0 spiro atoms. The van der Waals surface area contributed by atoms with Crippen LogP contribution in [0.25, 0.3) is 11.0 Å². The van der Waals surface area contributed by atoms with Gasteiger partial charge in [-0.25, -0.2) is 4.98 Å². The zero-order valence-corrected chi connectivity index (χ0v) is 14.1. The van der Waals surface area contributed by atoms with Crippen LogP contribution in [0.1, 0.15) is 12.2 Å².